The lowest BCUT2D eigenvalue weighted by atomic mass is 10.1. The molecule has 0 radical (unpaired) electrons. The van der Waals surface area contributed by atoms with Gasteiger partial charge in [-0.25, -0.2) is 0 Å². The molecule has 0 fully saturated rings. The third-order valence-electron chi connectivity index (χ3n) is 2.70. The van der Waals surface area contributed by atoms with Crippen LogP contribution in [0.3, 0.4) is 0 Å². The lowest BCUT2D eigenvalue weighted by Gasteiger charge is -2.12. The Morgan fingerprint density at radius 2 is 1.95 bits per heavy atom. The SMILES string of the molecule is CNCC(C)C(=O)Nc1ccc(OCCC(N)=O)cc1. The first-order valence-electron chi connectivity index (χ1n) is 6.49. The molecule has 110 valence electrons. The maximum Gasteiger partial charge on any atom is 0.228 e. The normalized spacial score (nSPS) is 11.7. The van der Waals surface area contributed by atoms with Gasteiger partial charge in [-0.3, -0.25) is 9.59 Å². The van der Waals surface area contributed by atoms with Gasteiger partial charge in [0.15, 0.2) is 0 Å². The Labute approximate surface area is 118 Å². The van der Waals surface area contributed by atoms with Gasteiger partial charge in [0.25, 0.3) is 0 Å². The van der Waals surface area contributed by atoms with Gasteiger partial charge >= 0.3 is 0 Å². The molecule has 0 spiro atoms. The van der Waals surface area contributed by atoms with Crippen LogP contribution in [0.4, 0.5) is 5.69 Å². The zero-order valence-electron chi connectivity index (χ0n) is 11.8. The van der Waals surface area contributed by atoms with Crippen molar-refractivity contribution in [2.24, 2.45) is 11.7 Å². The van der Waals surface area contributed by atoms with E-state index < -0.39 is 5.91 Å². The molecule has 0 heterocycles. The smallest absolute Gasteiger partial charge is 0.228 e. The summed E-state index contributed by atoms with van der Waals surface area (Å²) >= 11 is 0. The number of nitrogens with two attached hydrogens (primary N) is 1. The predicted octanol–water partition coefficient (Wildman–Crippen LogP) is 0.735. The van der Waals surface area contributed by atoms with Crippen molar-refractivity contribution in [3.05, 3.63) is 24.3 Å². The number of hydrogen-bond acceptors (Lipinski definition) is 4. The first kappa shape index (κ1) is 16.0. The molecule has 0 aliphatic carbocycles. The molecule has 6 nitrogen and oxygen atoms in total. The van der Waals surface area contributed by atoms with Gasteiger partial charge in [0.05, 0.1) is 13.0 Å². The van der Waals surface area contributed by atoms with Crippen LogP contribution in [0.5, 0.6) is 5.75 Å². The van der Waals surface area contributed by atoms with E-state index in [0.29, 0.717) is 18.0 Å². The monoisotopic (exact) mass is 279 g/mol. The topological polar surface area (TPSA) is 93.4 Å². The maximum absolute atomic E-state index is 11.8. The number of carbonyl (C=O) groups is 2. The van der Waals surface area contributed by atoms with Crippen LogP contribution in [-0.2, 0) is 9.59 Å². The van der Waals surface area contributed by atoms with Crippen LogP contribution in [0.1, 0.15) is 13.3 Å². The number of amides is 2. The van der Waals surface area contributed by atoms with Gasteiger partial charge < -0.3 is 21.1 Å². The Hall–Kier alpha value is -2.08. The van der Waals surface area contributed by atoms with Crippen LogP contribution in [-0.4, -0.2) is 32.0 Å². The van der Waals surface area contributed by atoms with Gasteiger partial charge in [-0.2, -0.15) is 0 Å². The molecular formula is C14H21N3O3. The molecule has 0 bridgehead atoms. The van der Waals surface area contributed by atoms with Crippen molar-refractivity contribution in [1.29, 1.82) is 0 Å². The molecule has 0 aromatic heterocycles. The Kier molecular flexibility index (Phi) is 6.52. The van der Waals surface area contributed by atoms with E-state index in [9.17, 15) is 9.59 Å². The average Bonchev–Trinajstić information content (AvgIpc) is 2.40. The van der Waals surface area contributed by atoms with E-state index in [1.165, 1.54) is 0 Å². The minimum absolute atomic E-state index is 0.0400. The van der Waals surface area contributed by atoms with Crippen LogP contribution in [0.2, 0.25) is 0 Å². The molecule has 0 aliphatic rings. The molecule has 1 rings (SSSR count). The third-order valence-corrected chi connectivity index (χ3v) is 2.70. The minimum Gasteiger partial charge on any atom is -0.493 e. The summed E-state index contributed by atoms with van der Waals surface area (Å²) in [7, 11) is 1.81. The van der Waals surface area contributed by atoms with Crippen LogP contribution in [0.25, 0.3) is 0 Å². The van der Waals surface area contributed by atoms with E-state index in [1.807, 2.05) is 14.0 Å². The second-order valence-electron chi connectivity index (χ2n) is 4.54. The number of ether oxygens (including phenoxy) is 1. The van der Waals surface area contributed by atoms with Gasteiger partial charge in [0.1, 0.15) is 5.75 Å². The lowest BCUT2D eigenvalue weighted by Crippen LogP contribution is -2.28. The van der Waals surface area contributed by atoms with Crippen molar-refractivity contribution >= 4 is 17.5 Å². The molecule has 1 aromatic carbocycles. The van der Waals surface area contributed by atoms with E-state index in [1.54, 1.807) is 24.3 Å². The summed E-state index contributed by atoms with van der Waals surface area (Å²) < 4.78 is 5.34. The molecule has 0 aliphatic heterocycles. The number of rotatable bonds is 8. The summed E-state index contributed by atoms with van der Waals surface area (Å²) in [6.45, 7) is 2.73. The highest BCUT2D eigenvalue weighted by atomic mass is 16.5. The van der Waals surface area contributed by atoms with Crippen molar-refractivity contribution in [1.82, 2.24) is 5.32 Å². The standard InChI is InChI=1S/C14H21N3O3/c1-10(9-16-2)14(19)17-11-3-5-12(6-4-11)20-8-7-13(15)18/h3-6,10,16H,7-9H2,1-2H3,(H2,15,18)(H,17,19). The first-order valence-corrected chi connectivity index (χ1v) is 6.49. The number of nitrogens with one attached hydrogen (secondary N) is 2. The predicted molar refractivity (Wildman–Crippen MR) is 77.5 cm³/mol. The van der Waals surface area contributed by atoms with Gasteiger partial charge in [0.2, 0.25) is 11.8 Å². The van der Waals surface area contributed by atoms with E-state index in [0.717, 1.165) is 0 Å². The number of benzene rings is 1. The van der Waals surface area contributed by atoms with Crippen LogP contribution >= 0.6 is 0 Å². The highest BCUT2D eigenvalue weighted by Gasteiger charge is 2.11. The van der Waals surface area contributed by atoms with Crippen molar-refractivity contribution in [2.45, 2.75) is 13.3 Å². The molecule has 20 heavy (non-hydrogen) atoms. The number of carbonyl (C=O) groups excluding carboxylic acids is 2. The second kappa shape index (κ2) is 8.16. The Bertz CT molecular complexity index is 445. The fourth-order valence-electron chi connectivity index (χ4n) is 1.57. The number of primary amides is 1. The van der Waals surface area contributed by atoms with E-state index in [4.69, 9.17) is 10.5 Å². The summed E-state index contributed by atoms with van der Waals surface area (Å²) in [5.41, 5.74) is 5.73. The summed E-state index contributed by atoms with van der Waals surface area (Å²) in [6, 6.07) is 6.98. The highest BCUT2D eigenvalue weighted by molar-refractivity contribution is 5.92. The molecular weight excluding hydrogens is 258 g/mol. The van der Waals surface area contributed by atoms with Gasteiger partial charge in [-0.05, 0) is 31.3 Å². The molecule has 6 heteroatoms. The quantitative estimate of drug-likeness (QED) is 0.654. The maximum atomic E-state index is 11.8. The van der Waals surface area contributed by atoms with E-state index in [2.05, 4.69) is 10.6 Å². The largest absolute Gasteiger partial charge is 0.493 e. The van der Waals surface area contributed by atoms with Crippen molar-refractivity contribution in [2.75, 3.05) is 25.5 Å². The number of hydrogen-bond donors (Lipinski definition) is 3. The fourth-order valence-corrected chi connectivity index (χ4v) is 1.57. The summed E-state index contributed by atoms with van der Waals surface area (Å²) in [5.74, 6) is 0.0909. The fraction of sp³-hybridized carbons (Fsp3) is 0.429. The summed E-state index contributed by atoms with van der Waals surface area (Å²) in [6.07, 6.45) is 0.181. The van der Waals surface area contributed by atoms with E-state index in [-0.39, 0.29) is 24.9 Å². The Morgan fingerprint density at radius 3 is 2.50 bits per heavy atom. The zero-order chi connectivity index (χ0) is 15.0. The van der Waals surface area contributed by atoms with Crippen LogP contribution in [0, 0.1) is 5.92 Å². The van der Waals surface area contributed by atoms with E-state index >= 15 is 0 Å². The van der Waals surface area contributed by atoms with Crippen LogP contribution in [0.15, 0.2) is 24.3 Å². The highest BCUT2D eigenvalue weighted by Crippen LogP contribution is 2.16. The summed E-state index contributed by atoms with van der Waals surface area (Å²) in [4.78, 5) is 22.4. The lowest BCUT2D eigenvalue weighted by molar-refractivity contribution is -0.119. The van der Waals surface area contributed by atoms with Gasteiger partial charge in [-0.15, -0.1) is 0 Å². The molecule has 4 N–H and O–H groups in total. The Morgan fingerprint density at radius 1 is 1.30 bits per heavy atom. The van der Waals surface area contributed by atoms with Crippen molar-refractivity contribution < 1.29 is 14.3 Å². The minimum atomic E-state index is -0.396. The summed E-state index contributed by atoms with van der Waals surface area (Å²) in [5, 5.41) is 5.78. The van der Waals surface area contributed by atoms with Gasteiger partial charge in [-0.1, -0.05) is 6.92 Å². The first-order chi connectivity index (χ1) is 9.52. The number of anilines is 1. The Balaban J connectivity index is 2.45. The molecule has 1 atom stereocenters. The molecule has 1 aromatic rings. The molecule has 1 unspecified atom stereocenters. The molecule has 2 amide bonds. The third kappa shape index (κ3) is 5.71. The average molecular weight is 279 g/mol. The second-order valence-corrected chi connectivity index (χ2v) is 4.54. The van der Waals surface area contributed by atoms with Gasteiger partial charge in [0, 0.05) is 18.2 Å². The molecule has 0 saturated heterocycles. The van der Waals surface area contributed by atoms with Crippen molar-refractivity contribution in [3.8, 4) is 5.75 Å². The van der Waals surface area contributed by atoms with Crippen molar-refractivity contribution in [3.63, 3.8) is 0 Å². The zero-order valence-corrected chi connectivity index (χ0v) is 11.8. The molecule has 0 saturated carbocycles. The van der Waals surface area contributed by atoms with Crippen LogP contribution < -0.4 is 21.1 Å².